The standard InChI is InChI=1S/C13H13BrN2O/c14-9-3-8(7-15)4-10(5-9)16-12-6-11-1-2-13(12)17-11/h3-5,11-13,16H,1-2,6H2. The Morgan fingerprint density at radius 3 is 2.88 bits per heavy atom. The number of benzene rings is 1. The molecule has 1 aromatic rings. The molecule has 4 heteroatoms. The van der Waals surface area contributed by atoms with E-state index in [1.54, 1.807) is 0 Å². The van der Waals surface area contributed by atoms with Gasteiger partial charge in [-0.2, -0.15) is 5.26 Å². The van der Waals surface area contributed by atoms with Crippen molar-refractivity contribution < 1.29 is 4.74 Å². The Balaban J connectivity index is 1.77. The Bertz CT molecular complexity index is 483. The Morgan fingerprint density at radius 2 is 2.24 bits per heavy atom. The first-order valence-corrected chi connectivity index (χ1v) is 6.66. The number of halogens is 1. The van der Waals surface area contributed by atoms with Crippen LogP contribution in [-0.4, -0.2) is 18.2 Å². The maximum atomic E-state index is 8.93. The van der Waals surface area contributed by atoms with E-state index in [4.69, 9.17) is 10.00 Å². The highest BCUT2D eigenvalue weighted by atomic mass is 79.9. The lowest BCUT2D eigenvalue weighted by atomic mass is 9.95. The second kappa shape index (κ2) is 4.32. The predicted molar refractivity (Wildman–Crippen MR) is 68.8 cm³/mol. The fourth-order valence-corrected chi connectivity index (χ4v) is 3.23. The van der Waals surface area contributed by atoms with E-state index in [-0.39, 0.29) is 0 Å². The molecule has 2 aliphatic heterocycles. The van der Waals surface area contributed by atoms with Crippen molar-refractivity contribution in [2.45, 2.75) is 37.5 Å². The van der Waals surface area contributed by atoms with Crippen LogP contribution in [0.4, 0.5) is 5.69 Å². The molecule has 1 N–H and O–H groups in total. The molecule has 3 rings (SSSR count). The molecule has 0 radical (unpaired) electrons. The third kappa shape index (κ3) is 2.18. The van der Waals surface area contributed by atoms with E-state index in [1.165, 1.54) is 6.42 Å². The van der Waals surface area contributed by atoms with E-state index in [1.807, 2.05) is 18.2 Å². The maximum absolute atomic E-state index is 8.93. The minimum atomic E-state index is 0.351. The minimum absolute atomic E-state index is 0.351. The molecular weight excluding hydrogens is 280 g/mol. The average Bonchev–Trinajstić information content (AvgIpc) is 2.90. The van der Waals surface area contributed by atoms with Crippen LogP contribution in [0.5, 0.6) is 0 Å². The van der Waals surface area contributed by atoms with E-state index in [0.717, 1.165) is 23.0 Å². The smallest absolute Gasteiger partial charge is 0.0992 e. The molecule has 0 aromatic heterocycles. The quantitative estimate of drug-likeness (QED) is 0.911. The largest absolute Gasteiger partial charge is 0.380 e. The first-order valence-electron chi connectivity index (χ1n) is 5.87. The van der Waals surface area contributed by atoms with Gasteiger partial charge in [0, 0.05) is 10.2 Å². The summed E-state index contributed by atoms with van der Waals surface area (Å²) >= 11 is 3.42. The lowest BCUT2D eigenvalue weighted by molar-refractivity contribution is 0.102. The number of ether oxygens (including phenoxy) is 1. The zero-order chi connectivity index (χ0) is 11.8. The molecule has 3 atom stereocenters. The predicted octanol–water partition coefficient (Wildman–Crippen LogP) is 3.05. The van der Waals surface area contributed by atoms with Gasteiger partial charge < -0.3 is 10.1 Å². The van der Waals surface area contributed by atoms with Crippen LogP contribution in [-0.2, 0) is 4.74 Å². The fraction of sp³-hybridized carbons (Fsp3) is 0.462. The number of hydrogen-bond donors (Lipinski definition) is 1. The summed E-state index contributed by atoms with van der Waals surface area (Å²) in [5.41, 5.74) is 1.67. The molecule has 0 amide bonds. The van der Waals surface area contributed by atoms with Crippen LogP contribution >= 0.6 is 15.9 Å². The number of nitrogens with zero attached hydrogens (tertiary/aromatic N) is 1. The molecule has 2 saturated heterocycles. The third-order valence-electron chi connectivity index (χ3n) is 3.48. The molecule has 17 heavy (non-hydrogen) atoms. The molecular formula is C13H13BrN2O. The highest BCUT2D eigenvalue weighted by Crippen LogP contribution is 2.36. The zero-order valence-electron chi connectivity index (χ0n) is 9.32. The van der Waals surface area contributed by atoms with Crippen LogP contribution in [0.2, 0.25) is 0 Å². The van der Waals surface area contributed by atoms with E-state index in [2.05, 4.69) is 27.3 Å². The Hall–Kier alpha value is -1.05. The van der Waals surface area contributed by atoms with E-state index in [9.17, 15) is 0 Å². The average molecular weight is 293 g/mol. The normalized spacial score (nSPS) is 30.2. The number of rotatable bonds is 2. The molecule has 2 heterocycles. The SMILES string of the molecule is N#Cc1cc(Br)cc(NC2CC3CCC2O3)c1. The number of hydrogen-bond acceptors (Lipinski definition) is 3. The molecule has 88 valence electrons. The van der Waals surface area contributed by atoms with Crippen LogP contribution in [0.15, 0.2) is 22.7 Å². The van der Waals surface area contributed by atoms with Crippen molar-refractivity contribution in [3.05, 3.63) is 28.2 Å². The molecule has 0 spiro atoms. The fourth-order valence-electron chi connectivity index (χ4n) is 2.74. The van der Waals surface area contributed by atoms with Gasteiger partial charge in [-0.25, -0.2) is 0 Å². The molecule has 0 saturated carbocycles. The number of nitrogens with one attached hydrogen (secondary N) is 1. The highest BCUT2D eigenvalue weighted by molar-refractivity contribution is 9.10. The van der Waals surface area contributed by atoms with Gasteiger partial charge in [-0.15, -0.1) is 0 Å². The summed E-state index contributed by atoms with van der Waals surface area (Å²) in [7, 11) is 0. The first-order chi connectivity index (χ1) is 8.24. The lowest BCUT2D eigenvalue weighted by Gasteiger charge is -2.21. The van der Waals surface area contributed by atoms with Crippen molar-refractivity contribution in [1.82, 2.24) is 0 Å². The highest BCUT2D eigenvalue weighted by Gasteiger charge is 2.40. The second-order valence-electron chi connectivity index (χ2n) is 4.70. The molecule has 2 bridgehead atoms. The van der Waals surface area contributed by atoms with Gasteiger partial charge in [0.05, 0.1) is 29.9 Å². The Kier molecular flexibility index (Phi) is 2.81. The molecule has 3 nitrogen and oxygen atoms in total. The summed E-state index contributed by atoms with van der Waals surface area (Å²) in [5, 5.41) is 12.4. The second-order valence-corrected chi connectivity index (χ2v) is 5.62. The third-order valence-corrected chi connectivity index (χ3v) is 3.94. The number of fused-ring (bicyclic) bond motifs is 2. The van der Waals surface area contributed by atoms with Gasteiger partial charge in [0.1, 0.15) is 0 Å². The van der Waals surface area contributed by atoms with Crippen molar-refractivity contribution in [1.29, 1.82) is 5.26 Å². The van der Waals surface area contributed by atoms with Crippen LogP contribution in [0.1, 0.15) is 24.8 Å². The van der Waals surface area contributed by atoms with Crippen LogP contribution < -0.4 is 5.32 Å². The maximum Gasteiger partial charge on any atom is 0.0992 e. The van der Waals surface area contributed by atoms with E-state index < -0.39 is 0 Å². The van der Waals surface area contributed by atoms with Crippen molar-refractivity contribution in [2.24, 2.45) is 0 Å². The summed E-state index contributed by atoms with van der Waals surface area (Å²) in [5.74, 6) is 0. The Morgan fingerprint density at radius 1 is 1.35 bits per heavy atom. The summed E-state index contributed by atoms with van der Waals surface area (Å²) in [6.45, 7) is 0. The van der Waals surface area contributed by atoms with Crippen LogP contribution in [0, 0.1) is 11.3 Å². The summed E-state index contributed by atoms with van der Waals surface area (Å²) in [6.07, 6.45) is 4.23. The van der Waals surface area contributed by atoms with Crippen molar-refractivity contribution >= 4 is 21.6 Å². The van der Waals surface area contributed by atoms with Crippen molar-refractivity contribution in [3.63, 3.8) is 0 Å². The molecule has 3 unspecified atom stereocenters. The van der Waals surface area contributed by atoms with Gasteiger partial charge in [0.25, 0.3) is 0 Å². The monoisotopic (exact) mass is 292 g/mol. The number of nitriles is 1. The first kappa shape index (κ1) is 11.1. The van der Waals surface area contributed by atoms with Crippen molar-refractivity contribution in [3.8, 4) is 6.07 Å². The lowest BCUT2D eigenvalue weighted by Crippen LogP contribution is -2.30. The number of anilines is 1. The Labute approximate surface area is 109 Å². The molecule has 1 aromatic carbocycles. The van der Waals surface area contributed by atoms with Crippen molar-refractivity contribution in [2.75, 3.05) is 5.32 Å². The topological polar surface area (TPSA) is 45.0 Å². The molecule has 0 aliphatic carbocycles. The van der Waals surface area contributed by atoms with E-state index >= 15 is 0 Å². The van der Waals surface area contributed by atoms with Crippen LogP contribution in [0.25, 0.3) is 0 Å². The minimum Gasteiger partial charge on any atom is -0.380 e. The summed E-state index contributed by atoms with van der Waals surface area (Å²) in [4.78, 5) is 0. The zero-order valence-corrected chi connectivity index (χ0v) is 10.9. The molecule has 2 aliphatic rings. The van der Waals surface area contributed by atoms with E-state index in [0.29, 0.717) is 23.8 Å². The summed E-state index contributed by atoms with van der Waals surface area (Å²) < 4.78 is 6.74. The molecule has 2 fully saturated rings. The van der Waals surface area contributed by atoms with Gasteiger partial charge >= 0.3 is 0 Å². The van der Waals surface area contributed by atoms with Gasteiger partial charge in [-0.05, 0) is 37.5 Å². The van der Waals surface area contributed by atoms with Gasteiger partial charge in [0.15, 0.2) is 0 Å². The van der Waals surface area contributed by atoms with Gasteiger partial charge in [-0.1, -0.05) is 15.9 Å². The van der Waals surface area contributed by atoms with Gasteiger partial charge in [0.2, 0.25) is 0 Å². The van der Waals surface area contributed by atoms with Crippen LogP contribution in [0.3, 0.4) is 0 Å². The van der Waals surface area contributed by atoms with Gasteiger partial charge in [-0.3, -0.25) is 0 Å². The summed E-state index contributed by atoms with van der Waals surface area (Å²) in [6, 6.07) is 8.28.